The highest BCUT2D eigenvalue weighted by Crippen LogP contribution is 2.25. The first-order valence-electron chi connectivity index (χ1n) is 11.2. The minimum absolute atomic E-state index is 0.215. The van der Waals surface area contributed by atoms with Gasteiger partial charge in [0.15, 0.2) is 0 Å². The van der Waals surface area contributed by atoms with Crippen LogP contribution in [0.4, 0.5) is 11.4 Å². The van der Waals surface area contributed by atoms with Crippen molar-refractivity contribution in [3.05, 3.63) is 95.0 Å². The van der Waals surface area contributed by atoms with Gasteiger partial charge >= 0.3 is 0 Å². The molecule has 0 aromatic heterocycles. The van der Waals surface area contributed by atoms with E-state index in [2.05, 4.69) is 10.6 Å². The Morgan fingerprint density at radius 3 is 2.20 bits per heavy atom. The summed E-state index contributed by atoms with van der Waals surface area (Å²) in [6.45, 7) is 2.15. The predicted octanol–water partition coefficient (Wildman–Crippen LogP) is 4.50. The fourth-order valence-corrected chi connectivity index (χ4v) is 5.05. The largest absolute Gasteiger partial charge is 0.352 e. The molecule has 0 bridgehead atoms. The zero-order valence-corrected chi connectivity index (χ0v) is 21.1. The maximum atomic E-state index is 13.3. The fourth-order valence-electron chi connectivity index (χ4n) is 3.71. The molecule has 184 valence electrons. The molecular weight excluding hydrogens is 486 g/mol. The summed E-state index contributed by atoms with van der Waals surface area (Å²) in [5, 5.41) is 6.08. The van der Waals surface area contributed by atoms with Crippen LogP contribution in [0.25, 0.3) is 0 Å². The van der Waals surface area contributed by atoms with Crippen LogP contribution in [0.5, 0.6) is 0 Å². The molecular formula is C26H28ClN3O4S. The summed E-state index contributed by atoms with van der Waals surface area (Å²) < 4.78 is 26.3. The molecule has 7 nitrogen and oxygen atoms in total. The maximum Gasteiger partial charge on any atom is 0.253 e. The number of hydrogen-bond acceptors (Lipinski definition) is 4. The Morgan fingerprint density at radius 1 is 0.943 bits per heavy atom. The summed E-state index contributed by atoms with van der Waals surface area (Å²) in [6, 6.07) is 21.6. The zero-order valence-electron chi connectivity index (χ0n) is 19.6. The van der Waals surface area contributed by atoms with Crippen molar-refractivity contribution in [2.75, 3.05) is 22.4 Å². The van der Waals surface area contributed by atoms with Gasteiger partial charge in [0.25, 0.3) is 5.91 Å². The lowest BCUT2D eigenvalue weighted by Gasteiger charge is -2.30. The third-order valence-electron chi connectivity index (χ3n) is 5.38. The average Bonchev–Trinajstić information content (AvgIpc) is 2.83. The molecule has 35 heavy (non-hydrogen) atoms. The molecule has 1 atom stereocenters. The van der Waals surface area contributed by atoms with Crippen molar-refractivity contribution in [3.8, 4) is 0 Å². The molecule has 2 amide bonds. The Labute approximate surface area is 211 Å². The van der Waals surface area contributed by atoms with Crippen LogP contribution in [0.15, 0.2) is 78.9 Å². The molecule has 0 saturated carbocycles. The monoisotopic (exact) mass is 513 g/mol. The van der Waals surface area contributed by atoms with Gasteiger partial charge in [-0.1, -0.05) is 61.0 Å². The fraction of sp³-hybridized carbons (Fsp3) is 0.231. The van der Waals surface area contributed by atoms with Crippen LogP contribution in [0.2, 0.25) is 5.02 Å². The van der Waals surface area contributed by atoms with Crippen LogP contribution < -0.4 is 14.9 Å². The lowest BCUT2D eigenvalue weighted by atomic mass is 10.1. The van der Waals surface area contributed by atoms with Gasteiger partial charge in [0.1, 0.15) is 6.04 Å². The van der Waals surface area contributed by atoms with E-state index in [4.69, 9.17) is 11.6 Å². The summed E-state index contributed by atoms with van der Waals surface area (Å²) >= 11 is 5.95. The number of anilines is 2. The van der Waals surface area contributed by atoms with Crippen LogP contribution >= 0.6 is 11.6 Å². The van der Waals surface area contributed by atoms with Gasteiger partial charge in [0.05, 0.1) is 23.2 Å². The number of nitrogens with zero attached hydrogens (tertiary/aromatic N) is 1. The smallest absolute Gasteiger partial charge is 0.253 e. The number of hydrogen-bond donors (Lipinski definition) is 2. The number of para-hydroxylation sites is 1. The number of nitrogens with one attached hydrogen (secondary N) is 2. The molecule has 3 aromatic rings. The minimum atomic E-state index is -3.79. The Kier molecular flexibility index (Phi) is 8.89. The number of halogens is 1. The van der Waals surface area contributed by atoms with Crippen molar-refractivity contribution in [2.45, 2.75) is 25.8 Å². The Hall–Kier alpha value is -3.36. The summed E-state index contributed by atoms with van der Waals surface area (Å²) in [7, 11) is -3.79. The Balaban J connectivity index is 1.77. The molecule has 0 aliphatic carbocycles. The van der Waals surface area contributed by atoms with E-state index in [1.807, 2.05) is 30.3 Å². The van der Waals surface area contributed by atoms with E-state index < -0.39 is 22.0 Å². The SMILES string of the molecule is CCC(C(=O)Nc1ccccc1C(=O)NCCc1ccccc1)N(c1ccc(Cl)cc1)S(C)(=O)=O. The number of sulfonamides is 1. The van der Waals surface area contributed by atoms with Gasteiger partial charge in [-0.05, 0) is 54.8 Å². The highest BCUT2D eigenvalue weighted by atomic mass is 35.5. The third kappa shape index (κ3) is 7.07. The van der Waals surface area contributed by atoms with Gasteiger partial charge in [-0.25, -0.2) is 8.42 Å². The summed E-state index contributed by atoms with van der Waals surface area (Å²) in [5.74, 6) is -0.875. The highest BCUT2D eigenvalue weighted by molar-refractivity contribution is 7.92. The van der Waals surface area contributed by atoms with Crippen molar-refractivity contribution in [2.24, 2.45) is 0 Å². The van der Waals surface area contributed by atoms with Crippen molar-refractivity contribution in [1.82, 2.24) is 5.32 Å². The molecule has 3 rings (SSSR count). The maximum absolute atomic E-state index is 13.3. The Morgan fingerprint density at radius 2 is 1.57 bits per heavy atom. The van der Waals surface area contributed by atoms with Crippen molar-refractivity contribution >= 4 is 44.8 Å². The molecule has 1 unspecified atom stereocenters. The molecule has 0 saturated heterocycles. The predicted molar refractivity (Wildman–Crippen MR) is 140 cm³/mol. The quantitative estimate of drug-likeness (QED) is 0.417. The standard InChI is InChI=1S/C26H28ClN3O4S/c1-3-24(30(35(2,33)34)21-15-13-20(27)14-16-21)26(32)29-23-12-8-7-11-22(23)25(31)28-18-17-19-9-5-4-6-10-19/h4-16,24H,3,17-18H2,1-2H3,(H,28,31)(H,29,32). The number of amides is 2. The first-order chi connectivity index (χ1) is 16.7. The average molecular weight is 514 g/mol. The van der Waals surface area contributed by atoms with E-state index in [9.17, 15) is 18.0 Å². The van der Waals surface area contributed by atoms with Crippen molar-refractivity contribution < 1.29 is 18.0 Å². The van der Waals surface area contributed by atoms with Gasteiger partial charge in [0, 0.05) is 11.6 Å². The lowest BCUT2D eigenvalue weighted by Crippen LogP contribution is -2.47. The van der Waals surface area contributed by atoms with E-state index in [1.54, 1.807) is 55.5 Å². The molecule has 9 heteroatoms. The van der Waals surface area contributed by atoms with E-state index in [0.717, 1.165) is 16.1 Å². The van der Waals surface area contributed by atoms with E-state index >= 15 is 0 Å². The van der Waals surface area contributed by atoms with Gasteiger partial charge in [-0.15, -0.1) is 0 Å². The zero-order chi connectivity index (χ0) is 25.4. The van der Waals surface area contributed by atoms with Crippen LogP contribution in [-0.4, -0.2) is 39.1 Å². The first-order valence-corrected chi connectivity index (χ1v) is 13.4. The number of carbonyl (C=O) groups is 2. The number of benzene rings is 3. The van der Waals surface area contributed by atoms with Crippen LogP contribution in [0, 0.1) is 0 Å². The molecule has 0 spiro atoms. The van der Waals surface area contributed by atoms with Crippen LogP contribution in [-0.2, 0) is 21.2 Å². The topological polar surface area (TPSA) is 95.6 Å². The molecule has 0 aliphatic heterocycles. The van der Waals surface area contributed by atoms with Gasteiger partial charge < -0.3 is 10.6 Å². The van der Waals surface area contributed by atoms with Gasteiger partial charge in [-0.2, -0.15) is 0 Å². The molecule has 3 aromatic carbocycles. The summed E-state index contributed by atoms with van der Waals surface area (Å²) in [4.78, 5) is 26.1. The van der Waals surface area contributed by atoms with Crippen LogP contribution in [0.3, 0.4) is 0 Å². The van der Waals surface area contributed by atoms with Crippen LogP contribution in [0.1, 0.15) is 29.3 Å². The number of rotatable bonds is 10. The highest BCUT2D eigenvalue weighted by Gasteiger charge is 2.32. The second kappa shape index (κ2) is 11.9. The second-order valence-electron chi connectivity index (χ2n) is 7.99. The van der Waals surface area contributed by atoms with E-state index in [-0.39, 0.29) is 12.3 Å². The normalized spacial score (nSPS) is 12.0. The number of carbonyl (C=O) groups excluding carboxylic acids is 2. The van der Waals surface area contributed by atoms with E-state index in [0.29, 0.717) is 34.9 Å². The Bertz CT molecular complexity index is 1270. The lowest BCUT2D eigenvalue weighted by molar-refractivity contribution is -0.117. The minimum Gasteiger partial charge on any atom is -0.352 e. The molecule has 0 radical (unpaired) electrons. The summed E-state index contributed by atoms with van der Waals surface area (Å²) in [5.41, 5.74) is 2.02. The molecule has 0 aliphatic rings. The van der Waals surface area contributed by atoms with Gasteiger partial charge in [-0.3, -0.25) is 13.9 Å². The summed E-state index contributed by atoms with van der Waals surface area (Å²) in [6.07, 6.45) is 1.93. The second-order valence-corrected chi connectivity index (χ2v) is 10.3. The van der Waals surface area contributed by atoms with Crippen molar-refractivity contribution in [3.63, 3.8) is 0 Å². The third-order valence-corrected chi connectivity index (χ3v) is 6.81. The van der Waals surface area contributed by atoms with Crippen molar-refractivity contribution in [1.29, 1.82) is 0 Å². The molecule has 0 fully saturated rings. The molecule has 2 N–H and O–H groups in total. The molecule has 0 heterocycles. The van der Waals surface area contributed by atoms with E-state index in [1.165, 1.54) is 0 Å². The first kappa shape index (κ1) is 26.2. The van der Waals surface area contributed by atoms with Gasteiger partial charge in [0.2, 0.25) is 15.9 Å².